The van der Waals surface area contributed by atoms with E-state index in [9.17, 15) is 32.3 Å². The van der Waals surface area contributed by atoms with Gasteiger partial charge in [0.15, 0.2) is 10.8 Å². The summed E-state index contributed by atoms with van der Waals surface area (Å²) >= 11 is 5.71. The molecule has 3 atom stereocenters. The topological polar surface area (TPSA) is 161 Å². The molecule has 1 saturated carbocycles. The standard InChI is InChI=1S/C39H47F3N8O5S/c1-22-15-24(16-23(2)48(22)21-34(52)46-25-5-11-31(44-19-25)29-10-12-33(51)47-35(29)53)13-14-55-28-8-6-26(7-9-28)50-37(56)49(36(54)38(50,3)4)27-17-30(39(40,41)42)32(18-43)45-20-27/h5,11,17,19-20,22-24,26,28-29H,6-10,12-16,21H2,1-4H3,(H,46,52)(H,47,51,53). The van der Waals surface area contributed by atoms with Crippen molar-refractivity contribution in [2.24, 2.45) is 5.92 Å². The number of imide groups is 1. The van der Waals surface area contributed by atoms with Crippen LogP contribution in [0.4, 0.5) is 24.5 Å². The van der Waals surface area contributed by atoms with E-state index < -0.39 is 34.8 Å². The summed E-state index contributed by atoms with van der Waals surface area (Å²) in [6, 6.07) is 5.93. The summed E-state index contributed by atoms with van der Waals surface area (Å²) in [4.78, 5) is 63.4. The number of hydrogen-bond donors (Lipinski definition) is 2. The van der Waals surface area contributed by atoms with E-state index in [1.165, 1.54) is 12.3 Å². The lowest BCUT2D eigenvalue weighted by atomic mass is 9.85. The van der Waals surface area contributed by atoms with Gasteiger partial charge < -0.3 is 15.0 Å². The maximum Gasteiger partial charge on any atom is 0.419 e. The number of aromatic nitrogens is 2. The minimum Gasteiger partial charge on any atom is -0.378 e. The molecule has 0 radical (unpaired) electrons. The summed E-state index contributed by atoms with van der Waals surface area (Å²) in [6.45, 7) is 8.55. The predicted octanol–water partition coefficient (Wildman–Crippen LogP) is 5.44. The number of rotatable bonds is 10. The molecule has 4 amide bonds. The molecule has 13 nitrogen and oxygen atoms in total. The van der Waals surface area contributed by atoms with Crippen LogP contribution in [0, 0.1) is 17.2 Å². The number of thiocarbonyl (C=S) groups is 1. The largest absolute Gasteiger partial charge is 0.419 e. The van der Waals surface area contributed by atoms with E-state index in [4.69, 9.17) is 22.2 Å². The second-order valence-electron chi connectivity index (χ2n) is 15.9. The van der Waals surface area contributed by atoms with Gasteiger partial charge in [-0.25, -0.2) is 4.98 Å². The van der Waals surface area contributed by atoms with E-state index in [0.29, 0.717) is 43.2 Å². The Balaban J connectivity index is 0.942. The zero-order valence-electron chi connectivity index (χ0n) is 31.9. The van der Waals surface area contributed by atoms with Crippen molar-refractivity contribution >= 4 is 52.3 Å². The van der Waals surface area contributed by atoms with Crippen molar-refractivity contribution in [1.29, 1.82) is 5.26 Å². The average Bonchev–Trinajstić information content (AvgIpc) is 3.32. The summed E-state index contributed by atoms with van der Waals surface area (Å²) < 4.78 is 47.4. The zero-order chi connectivity index (χ0) is 40.5. The number of nitrogens with zero attached hydrogens (tertiary/aromatic N) is 6. The van der Waals surface area contributed by atoms with Crippen LogP contribution in [-0.2, 0) is 30.1 Å². The normalized spacial score (nSPS) is 27.2. The molecule has 0 spiro atoms. The number of piperidine rings is 2. The van der Waals surface area contributed by atoms with Crippen LogP contribution in [-0.4, -0.2) is 91.4 Å². The van der Waals surface area contributed by atoms with Crippen molar-refractivity contribution < 1.29 is 37.1 Å². The number of hydrogen-bond acceptors (Lipinski definition) is 10. The number of nitriles is 1. The summed E-state index contributed by atoms with van der Waals surface area (Å²) in [7, 11) is 0. The van der Waals surface area contributed by atoms with Gasteiger partial charge in [-0.05, 0) is 115 Å². The number of alkyl halides is 3. The van der Waals surface area contributed by atoms with Gasteiger partial charge >= 0.3 is 6.18 Å². The summed E-state index contributed by atoms with van der Waals surface area (Å²) in [5.74, 6) is -1.28. The van der Waals surface area contributed by atoms with Gasteiger partial charge in [0, 0.05) is 31.2 Å². The van der Waals surface area contributed by atoms with Crippen LogP contribution in [0.3, 0.4) is 0 Å². The SMILES string of the molecule is CC1CC(CCOC2CCC(N3C(=S)N(c4cnc(C#N)c(C(F)(F)F)c4)C(=O)C3(C)C)CC2)CC(C)N1CC(=O)Nc1ccc(C2CCC(=O)NC2=O)nc1. The van der Waals surface area contributed by atoms with Crippen LogP contribution in [0.15, 0.2) is 30.6 Å². The molecule has 5 heterocycles. The molecule has 1 aliphatic carbocycles. The van der Waals surface area contributed by atoms with Crippen LogP contribution in [0.1, 0.15) is 108 Å². The fourth-order valence-corrected chi connectivity index (χ4v) is 9.31. The Labute approximate surface area is 329 Å². The molecule has 17 heteroatoms. The van der Waals surface area contributed by atoms with Gasteiger partial charge in [0.05, 0.1) is 53.6 Å². The van der Waals surface area contributed by atoms with Gasteiger partial charge in [0.1, 0.15) is 11.6 Å². The first kappa shape index (κ1) is 41.1. The highest BCUT2D eigenvalue weighted by Crippen LogP contribution is 2.40. The molecule has 300 valence electrons. The van der Waals surface area contributed by atoms with Gasteiger partial charge in [-0.2, -0.15) is 18.4 Å². The summed E-state index contributed by atoms with van der Waals surface area (Å²) in [5, 5.41) is 14.5. The second-order valence-corrected chi connectivity index (χ2v) is 16.2. The van der Waals surface area contributed by atoms with Crippen molar-refractivity contribution in [3.63, 3.8) is 0 Å². The zero-order valence-corrected chi connectivity index (χ0v) is 32.7. The average molecular weight is 797 g/mol. The van der Waals surface area contributed by atoms with Crippen LogP contribution >= 0.6 is 12.2 Å². The molecule has 2 N–H and O–H groups in total. The number of amides is 4. The Hall–Kier alpha value is -4.53. The number of carbonyl (C=O) groups excluding carboxylic acids is 4. The van der Waals surface area contributed by atoms with Gasteiger partial charge in [0.2, 0.25) is 17.7 Å². The minimum atomic E-state index is -4.82. The number of ether oxygens (including phenoxy) is 1. The quantitative estimate of drug-likeness (QED) is 0.233. The first-order chi connectivity index (χ1) is 26.5. The summed E-state index contributed by atoms with van der Waals surface area (Å²) in [6.07, 6.45) is 4.16. The minimum absolute atomic E-state index is 0.0422. The lowest BCUT2D eigenvalue weighted by molar-refractivity contribution is -0.138. The van der Waals surface area contributed by atoms with Gasteiger partial charge in [-0.15, -0.1) is 0 Å². The molecule has 56 heavy (non-hydrogen) atoms. The van der Waals surface area contributed by atoms with E-state index in [1.54, 1.807) is 26.0 Å². The fourth-order valence-electron chi connectivity index (χ4n) is 8.74. The molecule has 4 fully saturated rings. The molecule has 4 aliphatic rings. The number of nitrogens with one attached hydrogen (secondary N) is 2. The van der Waals surface area contributed by atoms with E-state index in [0.717, 1.165) is 49.3 Å². The Bertz CT molecular complexity index is 1880. The smallest absolute Gasteiger partial charge is 0.378 e. The highest BCUT2D eigenvalue weighted by atomic mass is 32.1. The Kier molecular flexibility index (Phi) is 12.1. The van der Waals surface area contributed by atoms with Gasteiger partial charge in [-0.1, -0.05) is 0 Å². The van der Waals surface area contributed by atoms with Crippen LogP contribution in [0.2, 0.25) is 0 Å². The van der Waals surface area contributed by atoms with Gasteiger partial charge in [-0.3, -0.25) is 39.3 Å². The van der Waals surface area contributed by atoms with Crippen molar-refractivity contribution in [2.75, 3.05) is 23.4 Å². The predicted molar refractivity (Wildman–Crippen MR) is 203 cm³/mol. The first-order valence-electron chi connectivity index (χ1n) is 19.1. The van der Waals surface area contributed by atoms with E-state index in [1.807, 2.05) is 4.90 Å². The van der Waals surface area contributed by atoms with Crippen molar-refractivity contribution in [1.82, 2.24) is 25.1 Å². The number of halogens is 3. The summed E-state index contributed by atoms with van der Waals surface area (Å²) in [5.41, 5.74) is -2.09. The Morgan fingerprint density at radius 3 is 2.38 bits per heavy atom. The Morgan fingerprint density at radius 1 is 1.07 bits per heavy atom. The van der Waals surface area contributed by atoms with Gasteiger partial charge in [0.25, 0.3) is 5.91 Å². The third kappa shape index (κ3) is 8.72. The monoisotopic (exact) mass is 796 g/mol. The fraction of sp³-hybridized carbons (Fsp3) is 0.590. The number of anilines is 2. The van der Waals surface area contributed by atoms with Crippen molar-refractivity contribution in [3.8, 4) is 6.07 Å². The molecule has 2 aromatic heterocycles. The van der Waals surface area contributed by atoms with E-state index in [-0.39, 0.29) is 65.7 Å². The van der Waals surface area contributed by atoms with E-state index in [2.05, 4.69) is 39.3 Å². The lowest BCUT2D eigenvalue weighted by Crippen LogP contribution is -2.51. The van der Waals surface area contributed by atoms with Crippen LogP contribution < -0.4 is 15.5 Å². The van der Waals surface area contributed by atoms with Crippen LogP contribution in [0.25, 0.3) is 0 Å². The Morgan fingerprint density at radius 2 is 1.77 bits per heavy atom. The number of pyridine rings is 2. The molecule has 0 bridgehead atoms. The van der Waals surface area contributed by atoms with Crippen molar-refractivity contribution in [2.45, 2.75) is 127 Å². The van der Waals surface area contributed by atoms with Crippen molar-refractivity contribution in [3.05, 3.63) is 47.5 Å². The highest BCUT2D eigenvalue weighted by molar-refractivity contribution is 7.80. The molecular formula is C39H47F3N8O5S. The molecule has 3 aliphatic heterocycles. The third-order valence-electron chi connectivity index (χ3n) is 11.6. The maximum atomic E-state index is 13.7. The maximum absolute atomic E-state index is 13.7. The lowest BCUT2D eigenvalue weighted by Gasteiger charge is -2.42. The van der Waals surface area contributed by atoms with E-state index >= 15 is 0 Å². The second kappa shape index (κ2) is 16.5. The molecule has 3 unspecified atom stereocenters. The molecule has 0 aromatic carbocycles. The first-order valence-corrected chi connectivity index (χ1v) is 19.5. The molecule has 6 rings (SSSR count). The van der Waals surface area contributed by atoms with Crippen LogP contribution in [0.5, 0.6) is 0 Å². The number of carbonyl (C=O) groups is 4. The third-order valence-corrected chi connectivity index (χ3v) is 12.0. The number of likely N-dealkylation sites (tertiary alicyclic amines) is 1. The highest BCUT2D eigenvalue weighted by Gasteiger charge is 2.53. The molecule has 3 saturated heterocycles. The molecule has 2 aromatic rings. The molecular weight excluding hydrogens is 750 g/mol.